The normalized spacial score (nSPS) is 23.9. The molecule has 0 atom stereocenters. The lowest BCUT2D eigenvalue weighted by atomic mass is 9.66. The van der Waals surface area contributed by atoms with Gasteiger partial charge in [0.2, 0.25) is 0 Å². The standard InChI is InChI=1S/C13H18F3NO4/c14-13(15,16)10(18)17-5-1-9(2-6-17)12(11(19)20)3-7-21-8-4-12/h9H,1-8H2,(H,19,20). The summed E-state index contributed by atoms with van der Waals surface area (Å²) >= 11 is 0. The van der Waals surface area contributed by atoms with E-state index in [9.17, 15) is 27.9 Å². The van der Waals surface area contributed by atoms with Crippen LogP contribution in [0.3, 0.4) is 0 Å². The van der Waals surface area contributed by atoms with Crippen LogP contribution >= 0.6 is 0 Å². The Kier molecular flexibility index (Phi) is 4.46. The molecule has 0 saturated carbocycles. The monoisotopic (exact) mass is 309 g/mol. The zero-order valence-electron chi connectivity index (χ0n) is 11.5. The molecule has 2 aliphatic heterocycles. The number of carboxylic acids is 1. The number of amides is 1. The second kappa shape index (κ2) is 5.82. The highest BCUT2D eigenvalue weighted by Gasteiger charge is 2.49. The molecular weight excluding hydrogens is 291 g/mol. The van der Waals surface area contributed by atoms with Gasteiger partial charge in [-0.15, -0.1) is 0 Å². The molecule has 1 N–H and O–H groups in total. The highest BCUT2D eigenvalue weighted by atomic mass is 19.4. The number of aliphatic carboxylic acids is 1. The number of rotatable bonds is 2. The maximum atomic E-state index is 12.4. The third-order valence-electron chi connectivity index (χ3n) is 4.62. The Labute approximate surface area is 120 Å². The molecule has 2 saturated heterocycles. The van der Waals surface area contributed by atoms with Gasteiger partial charge in [0, 0.05) is 26.3 Å². The van der Waals surface area contributed by atoms with Crippen LogP contribution in [-0.2, 0) is 14.3 Å². The van der Waals surface area contributed by atoms with Gasteiger partial charge < -0.3 is 14.7 Å². The molecule has 0 unspecified atom stereocenters. The van der Waals surface area contributed by atoms with Crippen molar-refractivity contribution < 1.29 is 32.6 Å². The Bertz CT molecular complexity index is 410. The molecule has 21 heavy (non-hydrogen) atoms. The highest BCUT2D eigenvalue weighted by molar-refractivity contribution is 5.82. The van der Waals surface area contributed by atoms with E-state index >= 15 is 0 Å². The van der Waals surface area contributed by atoms with Gasteiger partial charge >= 0.3 is 18.1 Å². The summed E-state index contributed by atoms with van der Waals surface area (Å²) in [5.74, 6) is -2.96. The lowest BCUT2D eigenvalue weighted by Gasteiger charge is -2.44. The van der Waals surface area contributed by atoms with Gasteiger partial charge in [-0.05, 0) is 31.6 Å². The van der Waals surface area contributed by atoms with Crippen LogP contribution in [0.15, 0.2) is 0 Å². The minimum atomic E-state index is -4.87. The molecule has 0 aromatic carbocycles. The molecule has 2 rings (SSSR count). The first-order valence-electron chi connectivity index (χ1n) is 6.94. The van der Waals surface area contributed by atoms with Crippen LogP contribution in [0.25, 0.3) is 0 Å². The largest absolute Gasteiger partial charge is 0.481 e. The van der Waals surface area contributed by atoms with E-state index in [1.165, 1.54) is 0 Å². The fourth-order valence-corrected chi connectivity index (χ4v) is 3.35. The summed E-state index contributed by atoms with van der Waals surface area (Å²) in [5.41, 5.74) is -0.925. The second-order valence-corrected chi connectivity index (χ2v) is 5.64. The minimum Gasteiger partial charge on any atom is -0.481 e. The van der Waals surface area contributed by atoms with Crippen molar-refractivity contribution in [3.63, 3.8) is 0 Å². The average molecular weight is 309 g/mol. The van der Waals surface area contributed by atoms with E-state index in [0.717, 1.165) is 4.90 Å². The predicted octanol–water partition coefficient (Wildman–Crippen LogP) is 1.67. The van der Waals surface area contributed by atoms with Crippen molar-refractivity contribution in [1.82, 2.24) is 4.90 Å². The zero-order chi connectivity index (χ0) is 15.7. The van der Waals surface area contributed by atoms with Gasteiger partial charge in [-0.3, -0.25) is 9.59 Å². The number of hydrogen-bond acceptors (Lipinski definition) is 3. The van der Waals surface area contributed by atoms with Crippen molar-refractivity contribution >= 4 is 11.9 Å². The number of carboxylic acid groups (broad SMARTS) is 1. The van der Waals surface area contributed by atoms with Gasteiger partial charge in [0.05, 0.1) is 5.41 Å². The van der Waals surface area contributed by atoms with Crippen LogP contribution in [0.1, 0.15) is 25.7 Å². The Morgan fingerprint density at radius 2 is 1.67 bits per heavy atom. The Hall–Kier alpha value is -1.31. The molecule has 0 aromatic rings. The number of ether oxygens (including phenoxy) is 1. The first kappa shape index (κ1) is 16.1. The van der Waals surface area contributed by atoms with Crippen molar-refractivity contribution in [3.05, 3.63) is 0 Å². The quantitative estimate of drug-likeness (QED) is 0.842. The highest BCUT2D eigenvalue weighted by Crippen LogP contribution is 2.44. The number of nitrogens with zero attached hydrogens (tertiary/aromatic N) is 1. The van der Waals surface area contributed by atoms with Gasteiger partial charge in [0.25, 0.3) is 0 Å². The van der Waals surface area contributed by atoms with Gasteiger partial charge in [-0.2, -0.15) is 13.2 Å². The second-order valence-electron chi connectivity index (χ2n) is 5.64. The number of carbonyl (C=O) groups is 2. The van der Waals surface area contributed by atoms with Crippen LogP contribution in [0, 0.1) is 11.3 Å². The molecule has 2 aliphatic rings. The van der Waals surface area contributed by atoms with E-state index in [-0.39, 0.29) is 31.8 Å². The lowest BCUT2D eigenvalue weighted by Crippen LogP contribution is -2.51. The SMILES string of the molecule is O=C(N1CCC(C2(C(=O)O)CCOCC2)CC1)C(F)(F)F. The average Bonchev–Trinajstić information content (AvgIpc) is 2.46. The molecule has 0 bridgehead atoms. The number of piperidine rings is 1. The number of hydrogen-bond donors (Lipinski definition) is 1. The first-order chi connectivity index (χ1) is 9.77. The number of likely N-dealkylation sites (tertiary alicyclic amines) is 1. The van der Waals surface area contributed by atoms with Crippen molar-refractivity contribution in [1.29, 1.82) is 0 Å². The van der Waals surface area contributed by atoms with Gasteiger partial charge in [-0.1, -0.05) is 0 Å². The fourth-order valence-electron chi connectivity index (χ4n) is 3.35. The minimum absolute atomic E-state index is 0.0428. The Balaban J connectivity index is 2.02. The Morgan fingerprint density at radius 3 is 2.10 bits per heavy atom. The van der Waals surface area contributed by atoms with Crippen LogP contribution in [0.4, 0.5) is 13.2 Å². The first-order valence-corrected chi connectivity index (χ1v) is 6.94. The maximum absolute atomic E-state index is 12.4. The summed E-state index contributed by atoms with van der Waals surface area (Å²) in [4.78, 5) is 23.6. The van der Waals surface area contributed by atoms with Crippen molar-refractivity contribution in [2.45, 2.75) is 31.9 Å². The van der Waals surface area contributed by atoms with Crippen molar-refractivity contribution in [3.8, 4) is 0 Å². The van der Waals surface area contributed by atoms with Crippen LogP contribution < -0.4 is 0 Å². The Morgan fingerprint density at radius 1 is 1.14 bits per heavy atom. The zero-order valence-corrected chi connectivity index (χ0v) is 11.5. The third kappa shape index (κ3) is 3.14. The topological polar surface area (TPSA) is 66.8 Å². The molecule has 0 radical (unpaired) electrons. The molecular formula is C13H18F3NO4. The van der Waals surface area contributed by atoms with Crippen LogP contribution in [-0.4, -0.2) is 54.4 Å². The van der Waals surface area contributed by atoms with Gasteiger partial charge in [0.1, 0.15) is 0 Å². The number of carbonyl (C=O) groups excluding carboxylic acids is 1. The van der Waals surface area contributed by atoms with Crippen LogP contribution in [0.5, 0.6) is 0 Å². The van der Waals surface area contributed by atoms with Gasteiger partial charge in [0.15, 0.2) is 0 Å². The predicted molar refractivity (Wildman–Crippen MR) is 65.5 cm³/mol. The van der Waals surface area contributed by atoms with E-state index in [4.69, 9.17) is 4.74 Å². The molecule has 5 nitrogen and oxygen atoms in total. The van der Waals surface area contributed by atoms with Crippen LogP contribution in [0.2, 0.25) is 0 Å². The maximum Gasteiger partial charge on any atom is 0.471 e. The summed E-state index contributed by atoms with van der Waals surface area (Å²) in [7, 11) is 0. The number of alkyl halides is 3. The summed E-state index contributed by atoms with van der Waals surface area (Å²) in [5, 5.41) is 9.53. The molecule has 2 heterocycles. The smallest absolute Gasteiger partial charge is 0.471 e. The fraction of sp³-hybridized carbons (Fsp3) is 0.846. The van der Waals surface area contributed by atoms with E-state index in [0.29, 0.717) is 26.1 Å². The summed E-state index contributed by atoms with van der Waals surface area (Å²) < 4.78 is 42.4. The molecule has 1 amide bonds. The van der Waals surface area contributed by atoms with Gasteiger partial charge in [-0.25, -0.2) is 0 Å². The summed E-state index contributed by atoms with van der Waals surface area (Å²) in [6.07, 6.45) is -3.54. The molecule has 0 spiro atoms. The third-order valence-corrected chi connectivity index (χ3v) is 4.62. The number of halogens is 3. The van der Waals surface area contributed by atoms with E-state index < -0.39 is 23.5 Å². The summed E-state index contributed by atoms with van der Waals surface area (Å²) in [6.45, 7) is 0.625. The van der Waals surface area contributed by atoms with E-state index in [2.05, 4.69) is 0 Å². The van der Waals surface area contributed by atoms with Crippen molar-refractivity contribution in [2.24, 2.45) is 11.3 Å². The van der Waals surface area contributed by atoms with E-state index in [1.54, 1.807) is 0 Å². The summed E-state index contributed by atoms with van der Waals surface area (Å²) in [6, 6.07) is 0. The molecule has 8 heteroatoms. The molecule has 0 aromatic heterocycles. The molecule has 2 fully saturated rings. The molecule has 120 valence electrons. The van der Waals surface area contributed by atoms with Crippen molar-refractivity contribution in [2.75, 3.05) is 26.3 Å². The van der Waals surface area contributed by atoms with E-state index in [1.807, 2.05) is 0 Å². The molecule has 0 aliphatic carbocycles. The lowest BCUT2D eigenvalue weighted by molar-refractivity contribution is -0.188.